The Balaban J connectivity index is 1.47. The molecule has 1 aliphatic rings. The van der Waals surface area contributed by atoms with Gasteiger partial charge in [0.2, 0.25) is 0 Å². The van der Waals surface area contributed by atoms with Crippen molar-refractivity contribution in [2.75, 3.05) is 13.6 Å². The number of hydrogen-bond acceptors (Lipinski definition) is 3. The first kappa shape index (κ1) is 19.8. The Kier molecular flexibility index (Phi) is 4.98. The molecule has 5 rings (SSSR count). The van der Waals surface area contributed by atoms with Gasteiger partial charge < -0.3 is 15.2 Å². The summed E-state index contributed by atoms with van der Waals surface area (Å²) in [4.78, 5) is 31.6. The van der Waals surface area contributed by atoms with Crippen LogP contribution in [0.15, 0.2) is 48.5 Å². The van der Waals surface area contributed by atoms with Crippen LogP contribution in [0.3, 0.4) is 0 Å². The van der Waals surface area contributed by atoms with Crippen LogP contribution in [0.25, 0.3) is 21.0 Å². The normalized spacial score (nSPS) is 16.3. The summed E-state index contributed by atoms with van der Waals surface area (Å²) in [6.07, 6.45) is 2.44. The molecule has 4 aromatic rings. The van der Waals surface area contributed by atoms with Crippen molar-refractivity contribution in [3.63, 3.8) is 0 Å². The van der Waals surface area contributed by atoms with E-state index in [2.05, 4.69) is 10.3 Å². The zero-order valence-corrected chi connectivity index (χ0v) is 17.9. The van der Waals surface area contributed by atoms with Crippen LogP contribution in [0, 0.1) is 5.82 Å². The van der Waals surface area contributed by atoms with Gasteiger partial charge in [0, 0.05) is 35.2 Å². The molecule has 0 radical (unpaired) electrons. The second kappa shape index (κ2) is 7.81. The Morgan fingerprint density at radius 2 is 2.06 bits per heavy atom. The van der Waals surface area contributed by atoms with E-state index in [4.69, 9.17) is 0 Å². The minimum atomic E-state index is -0.324. The van der Waals surface area contributed by atoms with E-state index in [1.807, 2.05) is 29.2 Å². The number of carbonyl (C=O) groups is 2. The van der Waals surface area contributed by atoms with E-state index in [0.29, 0.717) is 28.9 Å². The standard InChI is InChI=1S/C24H22FN3O2S/c1-26-23(29)22-18(17-6-2-3-7-21(17)31-22)13-16-5-4-10-28(16)24(30)20-12-14-11-15(25)8-9-19(14)27-20/h2-3,6-9,11-12,16,27H,4-5,10,13H2,1H3,(H,26,29)/t16-/m1/s1. The third kappa shape index (κ3) is 3.49. The molecule has 2 amide bonds. The molecular weight excluding hydrogens is 413 g/mol. The van der Waals surface area contributed by atoms with Gasteiger partial charge in [0.1, 0.15) is 11.5 Å². The Morgan fingerprint density at radius 3 is 2.90 bits per heavy atom. The van der Waals surface area contributed by atoms with Crippen LogP contribution in [0.5, 0.6) is 0 Å². The van der Waals surface area contributed by atoms with Crippen LogP contribution in [-0.2, 0) is 6.42 Å². The first-order valence-corrected chi connectivity index (χ1v) is 11.2. The number of aromatic nitrogens is 1. The Hall–Kier alpha value is -3.19. The fourth-order valence-electron chi connectivity index (χ4n) is 4.52. The van der Waals surface area contributed by atoms with Crippen LogP contribution < -0.4 is 5.32 Å². The second-order valence-electron chi connectivity index (χ2n) is 7.90. The van der Waals surface area contributed by atoms with Gasteiger partial charge in [-0.2, -0.15) is 0 Å². The first-order valence-electron chi connectivity index (χ1n) is 10.4. The minimum absolute atomic E-state index is 0.0112. The van der Waals surface area contributed by atoms with Crippen molar-refractivity contribution in [1.82, 2.24) is 15.2 Å². The molecule has 0 unspecified atom stereocenters. The Morgan fingerprint density at radius 1 is 1.23 bits per heavy atom. The average molecular weight is 436 g/mol. The molecule has 0 spiro atoms. The number of likely N-dealkylation sites (tertiary alicyclic amines) is 1. The molecule has 1 saturated heterocycles. The van der Waals surface area contributed by atoms with Crippen LogP contribution in [0.1, 0.15) is 38.6 Å². The molecule has 1 aliphatic heterocycles. The van der Waals surface area contributed by atoms with Crippen molar-refractivity contribution in [3.05, 3.63) is 70.5 Å². The maximum Gasteiger partial charge on any atom is 0.270 e. The van der Waals surface area contributed by atoms with Crippen molar-refractivity contribution < 1.29 is 14.0 Å². The number of carbonyl (C=O) groups excluding carboxylic acids is 2. The number of halogens is 1. The van der Waals surface area contributed by atoms with Gasteiger partial charge in [-0.15, -0.1) is 11.3 Å². The third-order valence-corrected chi connectivity index (χ3v) is 7.23. The van der Waals surface area contributed by atoms with Crippen molar-refractivity contribution in [3.8, 4) is 0 Å². The molecule has 0 aliphatic carbocycles. The van der Waals surface area contributed by atoms with E-state index in [-0.39, 0.29) is 23.7 Å². The van der Waals surface area contributed by atoms with E-state index < -0.39 is 0 Å². The van der Waals surface area contributed by atoms with Gasteiger partial charge in [-0.3, -0.25) is 9.59 Å². The van der Waals surface area contributed by atoms with E-state index in [1.165, 1.54) is 23.5 Å². The lowest BCUT2D eigenvalue weighted by molar-refractivity contribution is 0.0731. The number of fused-ring (bicyclic) bond motifs is 2. The summed E-state index contributed by atoms with van der Waals surface area (Å²) in [5.74, 6) is -0.500. The number of benzene rings is 2. The van der Waals surface area contributed by atoms with E-state index in [9.17, 15) is 14.0 Å². The second-order valence-corrected chi connectivity index (χ2v) is 8.95. The smallest absolute Gasteiger partial charge is 0.270 e. The molecule has 31 heavy (non-hydrogen) atoms. The van der Waals surface area contributed by atoms with E-state index in [1.54, 1.807) is 19.2 Å². The number of H-pyrrole nitrogens is 1. The highest BCUT2D eigenvalue weighted by atomic mass is 32.1. The first-order chi connectivity index (χ1) is 15.0. The molecule has 1 atom stereocenters. The molecular formula is C24H22FN3O2S. The lowest BCUT2D eigenvalue weighted by Crippen LogP contribution is -2.37. The summed E-state index contributed by atoms with van der Waals surface area (Å²) in [7, 11) is 1.64. The summed E-state index contributed by atoms with van der Waals surface area (Å²) < 4.78 is 14.6. The van der Waals surface area contributed by atoms with Gasteiger partial charge in [-0.1, -0.05) is 18.2 Å². The Bertz CT molecular complexity index is 1310. The predicted molar refractivity (Wildman–Crippen MR) is 121 cm³/mol. The maximum absolute atomic E-state index is 13.5. The number of rotatable bonds is 4. The molecule has 7 heteroatoms. The van der Waals surface area contributed by atoms with Crippen LogP contribution in [0.4, 0.5) is 4.39 Å². The zero-order valence-electron chi connectivity index (χ0n) is 17.1. The largest absolute Gasteiger partial charge is 0.354 e. The molecule has 158 valence electrons. The number of amides is 2. The van der Waals surface area contributed by atoms with Crippen molar-refractivity contribution >= 4 is 44.1 Å². The lowest BCUT2D eigenvalue weighted by Gasteiger charge is -2.24. The summed E-state index contributed by atoms with van der Waals surface area (Å²) >= 11 is 1.49. The van der Waals surface area contributed by atoms with Crippen LogP contribution in [-0.4, -0.2) is 41.3 Å². The van der Waals surface area contributed by atoms with Gasteiger partial charge in [0.25, 0.3) is 11.8 Å². The maximum atomic E-state index is 13.5. The zero-order chi connectivity index (χ0) is 21.5. The van der Waals surface area contributed by atoms with E-state index in [0.717, 1.165) is 34.0 Å². The summed E-state index contributed by atoms with van der Waals surface area (Å²) in [6.45, 7) is 0.671. The molecule has 2 aromatic carbocycles. The molecule has 5 nitrogen and oxygen atoms in total. The fourth-order valence-corrected chi connectivity index (χ4v) is 5.70. The molecule has 1 fully saturated rings. The van der Waals surface area contributed by atoms with Gasteiger partial charge in [0.05, 0.1) is 4.88 Å². The lowest BCUT2D eigenvalue weighted by atomic mass is 10.00. The van der Waals surface area contributed by atoms with Crippen molar-refractivity contribution in [2.24, 2.45) is 0 Å². The minimum Gasteiger partial charge on any atom is -0.354 e. The SMILES string of the molecule is CNC(=O)c1sc2ccccc2c1C[C@H]1CCCN1C(=O)c1cc2cc(F)ccc2[nH]1. The topological polar surface area (TPSA) is 65.2 Å². The predicted octanol–water partition coefficient (Wildman–Crippen LogP) is 4.73. The van der Waals surface area contributed by atoms with Crippen molar-refractivity contribution in [2.45, 2.75) is 25.3 Å². The third-order valence-electron chi connectivity index (χ3n) is 6.02. The molecule has 0 saturated carbocycles. The summed E-state index contributed by atoms with van der Waals surface area (Å²) in [5, 5.41) is 4.50. The van der Waals surface area contributed by atoms with Gasteiger partial charge >= 0.3 is 0 Å². The van der Waals surface area contributed by atoms with E-state index >= 15 is 0 Å². The van der Waals surface area contributed by atoms with Gasteiger partial charge in [-0.25, -0.2) is 4.39 Å². The average Bonchev–Trinajstić information content (AvgIpc) is 3.50. The van der Waals surface area contributed by atoms with Crippen LogP contribution in [0.2, 0.25) is 0 Å². The van der Waals surface area contributed by atoms with Gasteiger partial charge in [0.15, 0.2) is 0 Å². The van der Waals surface area contributed by atoms with Gasteiger partial charge in [-0.05, 0) is 60.5 Å². The number of hydrogen-bond donors (Lipinski definition) is 2. The number of aromatic amines is 1. The molecule has 2 aromatic heterocycles. The number of thiophene rings is 1. The molecule has 2 N–H and O–H groups in total. The Labute approximate surface area is 182 Å². The molecule has 0 bridgehead atoms. The quantitative estimate of drug-likeness (QED) is 0.487. The number of nitrogens with zero attached hydrogens (tertiary/aromatic N) is 1. The van der Waals surface area contributed by atoms with Crippen LogP contribution >= 0.6 is 11.3 Å². The van der Waals surface area contributed by atoms with Crippen molar-refractivity contribution in [1.29, 1.82) is 0 Å². The molecule has 3 heterocycles. The highest BCUT2D eigenvalue weighted by Crippen LogP contribution is 2.35. The highest BCUT2D eigenvalue weighted by molar-refractivity contribution is 7.21. The summed E-state index contributed by atoms with van der Waals surface area (Å²) in [5.41, 5.74) is 2.21. The number of nitrogens with one attached hydrogen (secondary N) is 2. The summed E-state index contributed by atoms with van der Waals surface area (Å²) in [6, 6.07) is 14.2. The monoisotopic (exact) mass is 435 g/mol. The fraction of sp³-hybridized carbons (Fsp3) is 0.250. The highest BCUT2D eigenvalue weighted by Gasteiger charge is 2.32.